The molecule has 2 atom stereocenters. The summed E-state index contributed by atoms with van der Waals surface area (Å²) in [5.41, 5.74) is 4.17. The minimum absolute atomic E-state index is 0.299. The lowest BCUT2D eigenvalue weighted by atomic mass is 9.91. The third kappa shape index (κ3) is 1.19. The van der Waals surface area contributed by atoms with Crippen LogP contribution in [-0.4, -0.2) is 7.85 Å². The monoisotopic (exact) mass is 273 g/mol. The van der Waals surface area contributed by atoms with Gasteiger partial charge in [0.15, 0.2) is 0 Å². The molecule has 1 aromatic rings. The molecule has 1 aromatic carbocycles. The number of fused-ring (bicyclic) bond motifs is 5. The zero-order valence-corrected chi connectivity index (χ0v) is 10.2. The van der Waals surface area contributed by atoms with Crippen molar-refractivity contribution in [1.29, 1.82) is 0 Å². The van der Waals surface area contributed by atoms with Crippen LogP contribution in [0.25, 0.3) is 0 Å². The van der Waals surface area contributed by atoms with Crippen molar-refractivity contribution in [2.24, 2.45) is 5.18 Å². The molecule has 16 heavy (non-hydrogen) atoms. The molecule has 2 bridgehead atoms. The largest absolute Gasteiger partial charge is 0.145 e. The fraction of sp³-hybridized carbons (Fsp3) is 0.333. The fourth-order valence-electron chi connectivity index (χ4n) is 3.18. The third-order valence-electron chi connectivity index (χ3n) is 3.71. The van der Waals surface area contributed by atoms with Crippen LogP contribution in [0.5, 0.6) is 0 Å². The Morgan fingerprint density at radius 2 is 2.12 bits per heavy atom. The van der Waals surface area contributed by atoms with E-state index in [-0.39, 0.29) is 0 Å². The Morgan fingerprint density at radius 3 is 2.81 bits per heavy atom. The minimum atomic E-state index is 0.299. The van der Waals surface area contributed by atoms with Crippen LogP contribution in [0.15, 0.2) is 33.3 Å². The SMILES string of the molecule is [B]/C(Br)=C1\C2CCC1c1c(N=O)cccc12. The van der Waals surface area contributed by atoms with Gasteiger partial charge in [-0.3, -0.25) is 0 Å². The number of hydrogen-bond acceptors (Lipinski definition) is 2. The molecule has 2 aliphatic rings. The average Bonchev–Trinajstić information content (AvgIpc) is 2.84. The molecule has 2 nitrogen and oxygen atoms in total. The van der Waals surface area contributed by atoms with Crippen molar-refractivity contribution < 1.29 is 0 Å². The van der Waals surface area contributed by atoms with Crippen molar-refractivity contribution >= 4 is 29.5 Å². The van der Waals surface area contributed by atoms with Crippen molar-refractivity contribution in [3.05, 3.63) is 44.2 Å². The van der Waals surface area contributed by atoms with E-state index in [4.69, 9.17) is 7.85 Å². The number of nitroso groups, excluding NO2 is 1. The first-order valence-electron chi connectivity index (χ1n) is 5.35. The molecule has 1 saturated carbocycles. The minimum Gasteiger partial charge on any atom is -0.145 e. The molecule has 0 amide bonds. The van der Waals surface area contributed by atoms with E-state index in [9.17, 15) is 4.91 Å². The molecule has 2 aliphatic carbocycles. The lowest BCUT2D eigenvalue weighted by molar-refractivity contribution is 0.718. The highest BCUT2D eigenvalue weighted by molar-refractivity contribution is 9.12. The molecule has 0 N–H and O–H groups in total. The van der Waals surface area contributed by atoms with Gasteiger partial charge in [-0.05, 0) is 35.2 Å². The first-order valence-corrected chi connectivity index (χ1v) is 6.14. The van der Waals surface area contributed by atoms with E-state index in [1.807, 2.05) is 6.07 Å². The van der Waals surface area contributed by atoms with Gasteiger partial charge in [0.1, 0.15) is 13.5 Å². The van der Waals surface area contributed by atoms with E-state index in [0.29, 0.717) is 17.5 Å². The molecule has 2 radical (unpaired) electrons. The summed E-state index contributed by atoms with van der Waals surface area (Å²) in [5.74, 6) is 0.689. The van der Waals surface area contributed by atoms with Crippen LogP contribution >= 0.6 is 15.9 Å². The van der Waals surface area contributed by atoms with E-state index in [2.05, 4.69) is 27.2 Å². The fourth-order valence-corrected chi connectivity index (χ4v) is 3.73. The van der Waals surface area contributed by atoms with Crippen LogP contribution in [0, 0.1) is 4.91 Å². The number of nitrogens with zero attached hydrogens (tertiary/aromatic N) is 1. The van der Waals surface area contributed by atoms with Crippen molar-refractivity contribution in [2.75, 3.05) is 0 Å². The van der Waals surface area contributed by atoms with Gasteiger partial charge >= 0.3 is 0 Å². The van der Waals surface area contributed by atoms with Crippen LogP contribution in [0.4, 0.5) is 5.69 Å². The quantitative estimate of drug-likeness (QED) is 0.565. The standard InChI is InChI=1S/C12H9BBrNO/c13-12(14)11-7-4-5-8(11)10-6(7)2-1-3-9(10)15-16/h1-3,7-8H,4-5H2/b12-11-. The highest BCUT2D eigenvalue weighted by atomic mass is 79.9. The maximum absolute atomic E-state index is 10.8. The molecule has 3 rings (SSSR count). The molecular weight excluding hydrogens is 265 g/mol. The summed E-state index contributed by atoms with van der Waals surface area (Å²) in [5, 5.41) is 3.13. The Bertz CT molecular complexity index is 508. The van der Waals surface area contributed by atoms with Gasteiger partial charge in [0.05, 0.1) is 0 Å². The molecule has 2 unspecified atom stereocenters. The van der Waals surface area contributed by atoms with Gasteiger partial charge in [0.25, 0.3) is 0 Å². The highest BCUT2D eigenvalue weighted by Gasteiger charge is 2.43. The van der Waals surface area contributed by atoms with Crippen LogP contribution < -0.4 is 0 Å². The molecule has 0 heterocycles. The molecule has 0 spiro atoms. The summed E-state index contributed by atoms with van der Waals surface area (Å²) in [6.45, 7) is 0. The van der Waals surface area contributed by atoms with Crippen LogP contribution in [0.3, 0.4) is 0 Å². The summed E-state index contributed by atoms with van der Waals surface area (Å²) >= 11 is 3.38. The van der Waals surface area contributed by atoms with Gasteiger partial charge in [-0.25, -0.2) is 0 Å². The molecule has 78 valence electrons. The van der Waals surface area contributed by atoms with Crippen molar-refractivity contribution in [3.8, 4) is 0 Å². The summed E-state index contributed by atoms with van der Waals surface area (Å²) < 4.78 is 0.730. The van der Waals surface area contributed by atoms with Gasteiger partial charge < -0.3 is 0 Å². The van der Waals surface area contributed by atoms with E-state index in [1.54, 1.807) is 6.07 Å². The van der Waals surface area contributed by atoms with Gasteiger partial charge in [-0.15, -0.1) is 4.91 Å². The second kappa shape index (κ2) is 3.55. The number of benzene rings is 1. The number of allylic oxidation sites excluding steroid dienone is 1. The second-order valence-corrected chi connectivity index (χ2v) is 5.21. The lowest BCUT2D eigenvalue weighted by Crippen LogP contribution is -1.97. The van der Waals surface area contributed by atoms with Crippen molar-refractivity contribution in [2.45, 2.75) is 24.7 Å². The first kappa shape index (κ1) is 10.3. The Balaban J connectivity index is 2.26. The van der Waals surface area contributed by atoms with E-state index < -0.39 is 0 Å². The second-order valence-electron chi connectivity index (χ2n) is 4.36. The smallest absolute Gasteiger partial charge is 0.124 e. The summed E-state index contributed by atoms with van der Waals surface area (Å²) in [6, 6.07) is 5.77. The number of halogens is 1. The number of hydrogen-bond donors (Lipinski definition) is 0. The third-order valence-corrected chi connectivity index (χ3v) is 4.17. The Kier molecular flexibility index (Phi) is 2.28. The zero-order chi connectivity index (χ0) is 11.3. The first-order chi connectivity index (χ1) is 7.74. The maximum Gasteiger partial charge on any atom is 0.124 e. The summed E-state index contributed by atoms with van der Waals surface area (Å²) in [6.07, 6.45) is 2.20. The van der Waals surface area contributed by atoms with Gasteiger partial charge in [-0.1, -0.05) is 38.0 Å². The Morgan fingerprint density at radius 1 is 1.38 bits per heavy atom. The highest BCUT2D eigenvalue weighted by Crippen LogP contribution is 2.60. The van der Waals surface area contributed by atoms with E-state index >= 15 is 0 Å². The molecule has 0 saturated heterocycles. The van der Waals surface area contributed by atoms with Gasteiger partial charge in [0.2, 0.25) is 0 Å². The van der Waals surface area contributed by atoms with Crippen LogP contribution in [0.1, 0.15) is 35.8 Å². The molecule has 1 fully saturated rings. The van der Waals surface area contributed by atoms with Crippen molar-refractivity contribution in [3.63, 3.8) is 0 Å². The zero-order valence-electron chi connectivity index (χ0n) is 8.61. The predicted molar refractivity (Wildman–Crippen MR) is 68.3 cm³/mol. The molecule has 4 heteroatoms. The maximum atomic E-state index is 10.8. The lowest BCUT2D eigenvalue weighted by Gasteiger charge is -2.14. The molecule has 0 aromatic heterocycles. The molecule has 0 aliphatic heterocycles. The van der Waals surface area contributed by atoms with E-state index in [0.717, 1.165) is 22.8 Å². The van der Waals surface area contributed by atoms with Crippen LogP contribution in [0.2, 0.25) is 0 Å². The van der Waals surface area contributed by atoms with E-state index in [1.165, 1.54) is 11.1 Å². The van der Waals surface area contributed by atoms with Gasteiger partial charge in [-0.2, -0.15) is 0 Å². The number of rotatable bonds is 1. The van der Waals surface area contributed by atoms with Crippen LogP contribution in [-0.2, 0) is 0 Å². The summed E-state index contributed by atoms with van der Waals surface area (Å²) in [7, 11) is 5.88. The summed E-state index contributed by atoms with van der Waals surface area (Å²) in [4.78, 5) is 10.8. The Hall–Kier alpha value is -0.895. The molecular formula is C12H9BBrNO. The topological polar surface area (TPSA) is 29.4 Å². The average molecular weight is 274 g/mol. The van der Waals surface area contributed by atoms with Crippen molar-refractivity contribution in [1.82, 2.24) is 0 Å². The normalized spacial score (nSPS) is 29.1. The predicted octanol–water partition coefficient (Wildman–Crippen LogP) is 3.83. The Labute approximate surface area is 104 Å². The van der Waals surface area contributed by atoms with Gasteiger partial charge in [0, 0.05) is 11.8 Å².